The lowest BCUT2D eigenvalue weighted by molar-refractivity contribution is -0.118. The molecule has 4 aliphatic rings. The number of carbonyl (C=O) groups is 2. The van der Waals surface area contributed by atoms with E-state index in [2.05, 4.69) is 66.2 Å². The molecule has 2 saturated carbocycles. The zero-order valence-electron chi connectivity index (χ0n) is 42.4. The van der Waals surface area contributed by atoms with Gasteiger partial charge in [0.2, 0.25) is 18.4 Å². The van der Waals surface area contributed by atoms with Crippen molar-refractivity contribution in [2.75, 3.05) is 50.7 Å². The Labute approximate surface area is 431 Å². The summed E-state index contributed by atoms with van der Waals surface area (Å²) in [5.41, 5.74) is -1.15. The van der Waals surface area contributed by atoms with Crippen molar-refractivity contribution in [1.29, 1.82) is 5.26 Å². The summed E-state index contributed by atoms with van der Waals surface area (Å²) >= 11 is 0. The van der Waals surface area contributed by atoms with E-state index in [0.29, 0.717) is 12.0 Å². The van der Waals surface area contributed by atoms with E-state index in [1.807, 2.05) is 19.2 Å². The molecule has 9 rings (SSSR count). The summed E-state index contributed by atoms with van der Waals surface area (Å²) in [5.74, 6) is -1.89. The number of carbonyl (C=O) groups excluding carboxylic acids is 2. The largest absolute Gasteiger partial charge is 0.475 e. The number of methoxy groups -OCH3 is 1. The number of nitriles is 1. The van der Waals surface area contributed by atoms with Crippen LogP contribution < -0.4 is 16.2 Å². The molecule has 6 heterocycles. The van der Waals surface area contributed by atoms with Crippen molar-refractivity contribution in [3.8, 4) is 6.07 Å². The molecule has 400 valence electrons. The van der Waals surface area contributed by atoms with E-state index in [-0.39, 0.29) is 66.9 Å². The molecule has 5 aromatic rings. The summed E-state index contributed by atoms with van der Waals surface area (Å²) < 4.78 is 91.9. The first-order chi connectivity index (χ1) is 35.6. The number of fused-ring (bicyclic) bond motifs is 5. The average molecular weight is 1090 g/mol. The van der Waals surface area contributed by atoms with Crippen LogP contribution in [0.3, 0.4) is 0 Å². The van der Waals surface area contributed by atoms with Crippen LogP contribution in [0.2, 0.25) is 18.1 Å². The summed E-state index contributed by atoms with van der Waals surface area (Å²) in [4.78, 5) is 67.8. The Bertz CT molecular complexity index is 3210. The monoisotopic (exact) mass is 1090 g/mol. The summed E-state index contributed by atoms with van der Waals surface area (Å²) in [6, 6.07) is 9.72. The number of hydrogen-bond acceptors (Lipinski definition) is 20. The van der Waals surface area contributed by atoms with E-state index in [0.717, 1.165) is 0 Å². The summed E-state index contributed by atoms with van der Waals surface area (Å²) in [5, 5.41) is 14.6. The normalized spacial score (nSPS) is 29.9. The van der Waals surface area contributed by atoms with E-state index in [1.54, 1.807) is 48.7 Å². The van der Waals surface area contributed by atoms with Crippen molar-refractivity contribution < 1.29 is 59.8 Å². The highest BCUT2D eigenvalue weighted by Crippen LogP contribution is 2.73. The quantitative estimate of drug-likeness (QED) is 0.0432. The number of nitrogens with one attached hydrogen (secondary N) is 3. The fraction of sp³-hybridized carbons (Fsp3) is 0.565. The molecule has 1 spiro atoms. The van der Waals surface area contributed by atoms with E-state index in [4.69, 9.17) is 47.6 Å². The van der Waals surface area contributed by atoms with Crippen molar-refractivity contribution in [1.82, 2.24) is 39.0 Å². The molecule has 3 N–H and O–H groups in total. The van der Waals surface area contributed by atoms with E-state index in [1.165, 1.54) is 30.7 Å². The molecular weight excluding hydrogens is 1030 g/mol. The number of anilines is 2. The second kappa shape index (κ2) is 21.1. The first-order valence-corrected chi connectivity index (χ1v) is 30.0. The number of phosphoric ester groups is 2. The summed E-state index contributed by atoms with van der Waals surface area (Å²) in [7, 11) is -11.2. The fourth-order valence-corrected chi connectivity index (χ4v) is 13.5. The lowest BCUT2D eigenvalue weighted by Crippen LogP contribution is -2.51. The van der Waals surface area contributed by atoms with Crippen molar-refractivity contribution in [2.45, 2.75) is 108 Å². The van der Waals surface area contributed by atoms with Gasteiger partial charge in [0, 0.05) is 24.0 Å². The zero-order valence-corrected chi connectivity index (χ0v) is 45.2. The van der Waals surface area contributed by atoms with E-state index >= 15 is 9.13 Å². The predicted molar refractivity (Wildman–Crippen MR) is 268 cm³/mol. The number of imidazole rings is 2. The van der Waals surface area contributed by atoms with Gasteiger partial charge in [-0.25, -0.2) is 35.6 Å². The van der Waals surface area contributed by atoms with Crippen LogP contribution in [0.4, 0.5) is 11.8 Å². The van der Waals surface area contributed by atoms with Crippen LogP contribution in [-0.4, -0.2) is 130 Å². The fourth-order valence-electron chi connectivity index (χ4n) is 9.36. The van der Waals surface area contributed by atoms with Gasteiger partial charge in [-0.15, -0.1) is 0 Å². The second-order valence-corrected chi connectivity index (χ2v) is 28.4. The number of amides is 2. The van der Waals surface area contributed by atoms with E-state index < -0.39 is 113 Å². The molecule has 29 heteroatoms. The molecule has 2 saturated heterocycles. The number of rotatable bonds is 15. The lowest BCUT2D eigenvalue weighted by Gasteiger charge is -2.43. The van der Waals surface area contributed by atoms with Gasteiger partial charge >= 0.3 is 15.6 Å². The minimum absolute atomic E-state index is 0.0833. The van der Waals surface area contributed by atoms with Gasteiger partial charge in [0.1, 0.15) is 37.4 Å². The van der Waals surface area contributed by atoms with Crippen molar-refractivity contribution in [3.05, 3.63) is 76.6 Å². The van der Waals surface area contributed by atoms with Gasteiger partial charge in [-0.05, 0) is 42.6 Å². The Morgan fingerprint density at radius 2 is 1.71 bits per heavy atom. The predicted octanol–water partition coefficient (Wildman–Crippen LogP) is 6.57. The Morgan fingerprint density at radius 3 is 2.41 bits per heavy atom. The minimum Gasteiger partial charge on any atom is -0.411 e. The number of aromatic nitrogens is 8. The molecule has 4 bridgehead atoms. The number of benzene rings is 1. The highest BCUT2D eigenvalue weighted by Gasteiger charge is 2.75. The Morgan fingerprint density at radius 1 is 1.00 bits per heavy atom. The third-order valence-corrected chi connectivity index (χ3v) is 21.7. The number of nitrogens with zero attached hydrogens (tertiary/aromatic N) is 9. The third kappa shape index (κ3) is 10.6. The zero-order chi connectivity index (χ0) is 53.7. The van der Waals surface area contributed by atoms with Crippen LogP contribution >= 0.6 is 15.6 Å². The maximum absolute atomic E-state index is 15.6. The van der Waals surface area contributed by atoms with Gasteiger partial charge < -0.3 is 28.6 Å². The molecule has 4 fully saturated rings. The highest BCUT2D eigenvalue weighted by atomic mass is 31.2. The van der Waals surface area contributed by atoms with Crippen LogP contribution in [0.15, 0.2) is 54.1 Å². The molecular formula is C46H58N12O14P2Si. The van der Waals surface area contributed by atoms with Gasteiger partial charge in [0.25, 0.3) is 11.5 Å². The molecule has 11 atom stereocenters. The third-order valence-electron chi connectivity index (χ3n) is 14.3. The van der Waals surface area contributed by atoms with Crippen LogP contribution in [-0.2, 0) is 55.0 Å². The number of phosphoric acid groups is 2. The lowest BCUT2D eigenvalue weighted by atomic mass is 10.0. The first-order valence-electron chi connectivity index (χ1n) is 24.2. The topological polar surface area (TPSA) is 311 Å². The Hall–Kier alpha value is -5.64. The molecule has 2 aliphatic carbocycles. The van der Waals surface area contributed by atoms with Crippen LogP contribution in [0.25, 0.3) is 27.2 Å². The minimum atomic E-state index is -4.84. The number of hydrogen-bond donors (Lipinski definition) is 3. The second-order valence-electron chi connectivity index (χ2n) is 20.4. The van der Waals surface area contributed by atoms with Crippen molar-refractivity contribution in [3.63, 3.8) is 0 Å². The molecule has 3 unspecified atom stereocenters. The smallest absolute Gasteiger partial charge is 0.411 e. The van der Waals surface area contributed by atoms with Crippen LogP contribution in [0, 0.1) is 35.2 Å². The standard InChI is InChI=1S/C46H58N12O14P2Si/c1-26(2)40(59)55-44-54-39-31(42(61)56-44)52-25-58(39)43-35-33(64-7)29(69-43)21-67-73(62,66-19-17-48-6)70-34-32(57-24-51-30-37(49-23-50-38(30)57)53-41(60)27-14-11-10-12-15-27)28-20-46(28,36(34)72-75(8,9)45(3,4)5)22-68-74(63,71-35)65-18-13-16-47/h10-12,14-15,23-26,28-29,32-36,43H,13,17-22H2,1-5,7-9H3,(H,49,50,53,60)(H2,54,55,56,59,61)/t28-,29-,32-,33-,34+,35-,36+,43-,46?,73?,74?/m1/s1. The maximum Gasteiger partial charge on any atom is 0.475 e. The molecule has 0 radical (unpaired) electrons. The molecule has 75 heavy (non-hydrogen) atoms. The number of aromatic amines is 1. The first kappa shape index (κ1) is 54.2. The van der Waals surface area contributed by atoms with E-state index in [9.17, 15) is 19.6 Å². The summed E-state index contributed by atoms with van der Waals surface area (Å²) in [6.45, 7) is 19.1. The van der Waals surface area contributed by atoms with Gasteiger partial charge in [-0.1, -0.05) is 52.8 Å². The average Bonchev–Trinajstić information content (AvgIpc) is 3.78. The van der Waals surface area contributed by atoms with Crippen molar-refractivity contribution in [2.24, 2.45) is 17.3 Å². The SMILES string of the molecule is [C-]#[N+]CCOP1(=O)OC[C@H]2O[C@@H](n3cnc4c(=O)[nH]c(NC(=O)C(C)C)nc43)[C@H](OP(=O)(OCCC#N)OCC34C[C@@H]3[C@@H](n3cnc5c(NC(=O)c6ccccc6)ncnc53)[C@H](O1)[C@@H]4O[Si](C)(C)C(C)(C)C)[C@@H]2OC. The van der Waals surface area contributed by atoms with Gasteiger partial charge in [-0.2, -0.15) is 10.2 Å². The Balaban J connectivity index is 1.17. The van der Waals surface area contributed by atoms with Crippen LogP contribution in [0.5, 0.6) is 0 Å². The van der Waals surface area contributed by atoms with Gasteiger partial charge in [0.05, 0.1) is 57.1 Å². The Kier molecular flexibility index (Phi) is 15.2. The summed E-state index contributed by atoms with van der Waals surface area (Å²) in [6.07, 6.45) is -3.45. The van der Waals surface area contributed by atoms with Crippen molar-refractivity contribution >= 4 is 69.9 Å². The van der Waals surface area contributed by atoms with Gasteiger partial charge in [-0.3, -0.25) is 56.4 Å². The maximum atomic E-state index is 15.6. The number of ether oxygens (including phenoxy) is 2. The molecule has 4 aromatic heterocycles. The molecule has 2 amide bonds. The molecule has 2 aliphatic heterocycles. The highest BCUT2D eigenvalue weighted by molar-refractivity contribution is 7.48. The van der Waals surface area contributed by atoms with Gasteiger partial charge in [0.15, 0.2) is 42.7 Å². The van der Waals surface area contributed by atoms with Crippen LogP contribution in [0.1, 0.15) is 70.1 Å². The molecule has 26 nitrogen and oxygen atoms in total. The molecule has 1 aromatic carbocycles. The number of H-pyrrole nitrogens is 1.